The molecular formula is C12H19N3. The molecule has 0 radical (unpaired) electrons. The van der Waals surface area contributed by atoms with E-state index in [9.17, 15) is 0 Å². The lowest BCUT2D eigenvalue weighted by Gasteiger charge is -2.37. The standard InChI is InChI=1S/C12H19N3/c1-9-5-4-6-12(14-9)15-7-10(2)13-11(3)8-15/h4-6,10-11,13H,7-8H2,1-3H3. The number of nitrogens with zero attached hydrogens (tertiary/aromatic N) is 2. The van der Waals surface area contributed by atoms with Gasteiger partial charge in [0.05, 0.1) is 0 Å². The third-order valence-electron chi connectivity index (χ3n) is 2.76. The monoisotopic (exact) mass is 205 g/mol. The third-order valence-corrected chi connectivity index (χ3v) is 2.76. The van der Waals surface area contributed by atoms with Gasteiger partial charge in [-0.25, -0.2) is 4.98 Å². The van der Waals surface area contributed by atoms with Gasteiger partial charge in [-0.2, -0.15) is 0 Å². The van der Waals surface area contributed by atoms with E-state index < -0.39 is 0 Å². The number of hydrogen-bond acceptors (Lipinski definition) is 3. The topological polar surface area (TPSA) is 28.2 Å². The minimum Gasteiger partial charge on any atom is -0.354 e. The van der Waals surface area contributed by atoms with Crippen LogP contribution < -0.4 is 10.2 Å². The van der Waals surface area contributed by atoms with Gasteiger partial charge < -0.3 is 10.2 Å². The summed E-state index contributed by atoms with van der Waals surface area (Å²) in [6.07, 6.45) is 0. The smallest absolute Gasteiger partial charge is 0.128 e. The van der Waals surface area contributed by atoms with Crippen LogP contribution in [0.1, 0.15) is 19.5 Å². The van der Waals surface area contributed by atoms with E-state index >= 15 is 0 Å². The molecule has 1 aromatic rings. The minimum atomic E-state index is 0.538. The first-order chi connectivity index (χ1) is 7.15. The van der Waals surface area contributed by atoms with Crippen LogP contribution in [0.4, 0.5) is 5.82 Å². The molecule has 82 valence electrons. The maximum Gasteiger partial charge on any atom is 0.128 e. The number of piperazine rings is 1. The number of rotatable bonds is 1. The van der Waals surface area contributed by atoms with Gasteiger partial charge in [0.15, 0.2) is 0 Å². The van der Waals surface area contributed by atoms with Crippen LogP contribution in [0.25, 0.3) is 0 Å². The van der Waals surface area contributed by atoms with Crippen LogP contribution in [0.5, 0.6) is 0 Å². The molecule has 3 nitrogen and oxygen atoms in total. The van der Waals surface area contributed by atoms with Crippen LogP contribution in [0.3, 0.4) is 0 Å². The normalized spacial score (nSPS) is 26.7. The van der Waals surface area contributed by atoms with E-state index in [2.05, 4.69) is 41.2 Å². The van der Waals surface area contributed by atoms with E-state index in [0.29, 0.717) is 12.1 Å². The number of anilines is 1. The van der Waals surface area contributed by atoms with Crippen LogP contribution in [0.2, 0.25) is 0 Å². The van der Waals surface area contributed by atoms with Gasteiger partial charge in [-0.15, -0.1) is 0 Å². The highest BCUT2D eigenvalue weighted by Gasteiger charge is 2.21. The van der Waals surface area contributed by atoms with Gasteiger partial charge in [-0.3, -0.25) is 0 Å². The van der Waals surface area contributed by atoms with Crippen molar-refractivity contribution in [1.82, 2.24) is 10.3 Å². The van der Waals surface area contributed by atoms with Gasteiger partial charge in [0, 0.05) is 30.9 Å². The average Bonchev–Trinajstić information content (AvgIpc) is 2.16. The molecule has 2 heterocycles. The van der Waals surface area contributed by atoms with E-state index in [0.717, 1.165) is 24.6 Å². The Morgan fingerprint density at radius 2 is 1.93 bits per heavy atom. The fraction of sp³-hybridized carbons (Fsp3) is 0.583. The molecule has 15 heavy (non-hydrogen) atoms. The first-order valence-electron chi connectivity index (χ1n) is 5.60. The Balaban J connectivity index is 2.16. The summed E-state index contributed by atoms with van der Waals surface area (Å²) in [6.45, 7) is 8.57. The maximum atomic E-state index is 4.56. The molecule has 2 rings (SSSR count). The molecule has 3 heteroatoms. The van der Waals surface area contributed by atoms with Crippen molar-refractivity contribution in [3.8, 4) is 0 Å². The summed E-state index contributed by atoms with van der Waals surface area (Å²) in [5.41, 5.74) is 1.09. The molecule has 2 atom stereocenters. The van der Waals surface area contributed by atoms with Gasteiger partial charge >= 0.3 is 0 Å². The highest BCUT2D eigenvalue weighted by Crippen LogP contribution is 2.15. The zero-order valence-electron chi connectivity index (χ0n) is 9.70. The molecule has 1 aliphatic heterocycles. The Labute approximate surface area is 91.5 Å². The second-order valence-electron chi connectivity index (χ2n) is 4.51. The summed E-state index contributed by atoms with van der Waals surface area (Å²) in [4.78, 5) is 6.92. The van der Waals surface area contributed by atoms with Crippen molar-refractivity contribution in [2.24, 2.45) is 0 Å². The van der Waals surface area contributed by atoms with E-state index in [1.165, 1.54) is 0 Å². The van der Waals surface area contributed by atoms with Crippen LogP contribution in [0.15, 0.2) is 18.2 Å². The van der Waals surface area contributed by atoms with Gasteiger partial charge in [-0.1, -0.05) is 6.07 Å². The first-order valence-corrected chi connectivity index (χ1v) is 5.60. The van der Waals surface area contributed by atoms with Crippen molar-refractivity contribution in [3.05, 3.63) is 23.9 Å². The first kappa shape index (κ1) is 10.4. The summed E-state index contributed by atoms with van der Waals surface area (Å²) >= 11 is 0. The minimum absolute atomic E-state index is 0.538. The summed E-state index contributed by atoms with van der Waals surface area (Å²) in [6, 6.07) is 7.29. The zero-order valence-corrected chi connectivity index (χ0v) is 9.70. The molecule has 0 saturated carbocycles. The van der Waals surface area contributed by atoms with E-state index in [-0.39, 0.29) is 0 Å². The summed E-state index contributed by atoms with van der Waals surface area (Å²) in [7, 11) is 0. The van der Waals surface area contributed by atoms with Crippen molar-refractivity contribution >= 4 is 5.82 Å². The number of nitrogens with one attached hydrogen (secondary N) is 1. The van der Waals surface area contributed by atoms with Gasteiger partial charge in [-0.05, 0) is 32.9 Å². The predicted molar refractivity (Wildman–Crippen MR) is 63.2 cm³/mol. The Hall–Kier alpha value is -1.09. The Morgan fingerprint density at radius 1 is 1.27 bits per heavy atom. The Morgan fingerprint density at radius 3 is 2.53 bits per heavy atom. The summed E-state index contributed by atoms with van der Waals surface area (Å²) in [5.74, 6) is 1.11. The largest absolute Gasteiger partial charge is 0.354 e. The molecule has 1 N–H and O–H groups in total. The Kier molecular flexibility index (Phi) is 2.91. The van der Waals surface area contributed by atoms with Crippen molar-refractivity contribution in [3.63, 3.8) is 0 Å². The van der Waals surface area contributed by atoms with Crippen molar-refractivity contribution < 1.29 is 0 Å². The van der Waals surface area contributed by atoms with E-state index in [4.69, 9.17) is 0 Å². The van der Waals surface area contributed by atoms with Crippen LogP contribution in [0, 0.1) is 6.92 Å². The lowest BCUT2D eigenvalue weighted by atomic mass is 10.1. The van der Waals surface area contributed by atoms with E-state index in [1.54, 1.807) is 0 Å². The average molecular weight is 205 g/mol. The molecule has 0 aliphatic carbocycles. The zero-order chi connectivity index (χ0) is 10.8. The third kappa shape index (κ3) is 2.48. The quantitative estimate of drug-likeness (QED) is 0.754. The molecule has 1 saturated heterocycles. The number of hydrogen-bond donors (Lipinski definition) is 1. The second-order valence-corrected chi connectivity index (χ2v) is 4.51. The molecule has 0 spiro atoms. The molecule has 1 fully saturated rings. The molecule has 0 bridgehead atoms. The SMILES string of the molecule is Cc1cccc(N2CC(C)NC(C)C2)n1. The highest BCUT2D eigenvalue weighted by molar-refractivity contribution is 5.40. The van der Waals surface area contributed by atoms with Crippen LogP contribution in [-0.2, 0) is 0 Å². The molecule has 1 aliphatic rings. The van der Waals surface area contributed by atoms with Crippen molar-refractivity contribution in [2.45, 2.75) is 32.9 Å². The molecule has 2 unspecified atom stereocenters. The van der Waals surface area contributed by atoms with Gasteiger partial charge in [0.25, 0.3) is 0 Å². The molecule has 0 amide bonds. The molecule has 1 aromatic heterocycles. The fourth-order valence-corrected chi connectivity index (χ4v) is 2.22. The number of pyridine rings is 1. The lowest BCUT2D eigenvalue weighted by molar-refractivity contribution is 0.405. The number of aromatic nitrogens is 1. The van der Waals surface area contributed by atoms with E-state index in [1.807, 2.05) is 13.0 Å². The summed E-state index contributed by atoms with van der Waals surface area (Å²) in [5, 5.41) is 3.52. The fourth-order valence-electron chi connectivity index (χ4n) is 2.22. The van der Waals surface area contributed by atoms with Crippen LogP contribution in [-0.4, -0.2) is 30.2 Å². The number of aryl methyl sites for hydroxylation is 1. The summed E-state index contributed by atoms with van der Waals surface area (Å²) < 4.78 is 0. The molecular weight excluding hydrogens is 186 g/mol. The second kappa shape index (κ2) is 4.19. The molecule has 0 aromatic carbocycles. The van der Waals surface area contributed by atoms with Crippen LogP contribution >= 0.6 is 0 Å². The van der Waals surface area contributed by atoms with Gasteiger partial charge in [0.2, 0.25) is 0 Å². The lowest BCUT2D eigenvalue weighted by Crippen LogP contribution is -2.54. The predicted octanol–water partition coefficient (Wildman–Crippen LogP) is 1.58. The van der Waals surface area contributed by atoms with Crippen molar-refractivity contribution in [1.29, 1.82) is 0 Å². The highest BCUT2D eigenvalue weighted by atomic mass is 15.3. The van der Waals surface area contributed by atoms with Crippen molar-refractivity contribution in [2.75, 3.05) is 18.0 Å². The maximum absolute atomic E-state index is 4.56. The Bertz CT molecular complexity index is 327. The van der Waals surface area contributed by atoms with Gasteiger partial charge in [0.1, 0.15) is 5.82 Å².